The third kappa shape index (κ3) is 3.73. The van der Waals surface area contributed by atoms with Gasteiger partial charge in [-0.2, -0.15) is 0 Å². The van der Waals surface area contributed by atoms with Gasteiger partial charge in [0, 0.05) is 6.42 Å². The van der Waals surface area contributed by atoms with Crippen LogP contribution in [0, 0.1) is 0 Å². The number of imide groups is 2. The van der Waals surface area contributed by atoms with E-state index in [1.165, 1.54) is 0 Å². The van der Waals surface area contributed by atoms with Gasteiger partial charge in [-0.25, -0.2) is 0 Å². The van der Waals surface area contributed by atoms with E-state index in [1.54, 1.807) is 18.2 Å². The Morgan fingerprint density at radius 1 is 0.971 bits per heavy atom. The highest BCUT2D eigenvalue weighted by molar-refractivity contribution is 6.24. The highest BCUT2D eigenvalue weighted by atomic mass is 16.5. The van der Waals surface area contributed by atoms with Gasteiger partial charge in [-0.05, 0) is 47.4 Å². The van der Waals surface area contributed by atoms with Crippen LogP contribution in [0.3, 0.4) is 0 Å². The zero-order chi connectivity index (χ0) is 23.8. The molecule has 2 atom stereocenters. The molecule has 0 bridgehead atoms. The number of carbonyl (C=O) groups is 4. The molecule has 3 aromatic carbocycles. The lowest BCUT2D eigenvalue weighted by atomic mass is 10.0. The quantitative estimate of drug-likeness (QED) is 0.562. The van der Waals surface area contributed by atoms with Gasteiger partial charge in [-0.15, -0.1) is 0 Å². The van der Waals surface area contributed by atoms with E-state index < -0.39 is 29.7 Å². The molecule has 1 saturated heterocycles. The maximum Gasteiger partial charge on any atom is 0.266 e. The summed E-state index contributed by atoms with van der Waals surface area (Å²) < 4.78 is 6.38. The van der Waals surface area contributed by atoms with Crippen LogP contribution in [-0.2, 0) is 9.59 Å². The van der Waals surface area contributed by atoms with Crippen LogP contribution in [-0.4, -0.2) is 34.6 Å². The Balaban J connectivity index is 1.48. The molecule has 0 saturated carbocycles. The van der Waals surface area contributed by atoms with E-state index in [1.807, 2.05) is 36.4 Å². The molecule has 172 valence electrons. The van der Waals surface area contributed by atoms with Crippen LogP contribution in [0.1, 0.15) is 65.0 Å². The van der Waals surface area contributed by atoms with E-state index in [2.05, 4.69) is 18.3 Å². The van der Waals surface area contributed by atoms with Gasteiger partial charge in [-0.3, -0.25) is 29.4 Å². The largest absolute Gasteiger partial charge is 0.485 e. The summed E-state index contributed by atoms with van der Waals surface area (Å²) in [5.74, 6) is -1.83. The Bertz CT molecular complexity index is 1330. The number of hydrogen-bond donors (Lipinski definition) is 1. The van der Waals surface area contributed by atoms with Crippen molar-refractivity contribution in [3.05, 3.63) is 77.4 Å². The fraction of sp³-hybridized carbons (Fsp3) is 0.259. The van der Waals surface area contributed by atoms with Crippen LogP contribution in [0.4, 0.5) is 0 Å². The second-order valence-corrected chi connectivity index (χ2v) is 8.63. The molecule has 0 radical (unpaired) electrons. The molecular weight excluding hydrogens is 432 g/mol. The summed E-state index contributed by atoms with van der Waals surface area (Å²) in [6.45, 7) is 2.06. The minimum atomic E-state index is -1.01. The Kier molecular flexibility index (Phi) is 5.61. The average molecular weight is 456 g/mol. The molecule has 1 N–H and O–H groups in total. The van der Waals surface area contributed by atoms with Crippen LogP contribution < -0.4 is 10.1 Å². The zero-order valence-corrected chi connectivity index (χ0v) is 18.7. The van der Waals surface area contributed by atoms with E-state index in [0.29, 0.717) is 5.75 Å². The molecule has 34 heavy (non-hydrogen) atoms. The Hall–Kier alpha value is -4.00. The number of ether oxygens (including phenoxy) is 1. The van der Waals surface area contributed by atoms with E-state index >= 15 is 0 Å². The SMILES string of the molecule is CCCC(Oc1cccc2c1C(=O)N(C1CCC(=O)NC1=O)C2=O)c1ccc2ccccc2c1. The molecule has 2 unspecified atom stereocenters. The first-order valence-electron chi connectivity index (χ1n) is 11.5. The lowest BCUT2D eigenvalue weighted by molar-refractivity contribution is -0.136. The summed E-state index contributed by atoms with van der Waals surface area (Å²) in [7, 11) is 0. The van der Waals surface area contributed by atoms with E-state index in [9.17, 15) is 19.2 Å². The van der Waals surface area contributed by atoms with Crippen molar-refractivity contribution in [1.29, 1.82) is 0 Å². The normalized spacial score (nSPS) is 18.7. The van der Waals surface area contributed by atoms with Crippen LogP contribution in [0.2, 0.25) is 0 Å². The monoisotopic (exact) mass is 456 g/mol. The molecule has 7 nitrogen and oxygen atoms in total. The van der Waals surface area contributed by atoms with Crippen molar-refractivity contribution in [2.45, 2.75) is 44.8 Å². The Morgan fingerprint density at radius 2 is 1.76 bits per heavy atom. The Labute approximate surface area is 196 Å². The first-order chi connectivity index (χ1) is 16.5. The molecule has 4 amide bonds. The molecule has 7 heteroatoms. The molecule has 2 aliphatic heterocycles. The minimum Gasteiger partial charge on any atom is -0.485 e. The predicted octanol–water partition coefficient (Wildman–Crippen LogP) is 4.16. The number of piperidine rings is 1. The molecule has 3 aromatic rings. The molecule has 2 heterocycles. The summed E-state index contributed by atoms with van der Waals surface area (Å²) in [5, 5.41) is 4.44. The minimum absolute atomic E-state index is 0.0771. The zero-order valence-electron chi connectivity index (χ0n) is 18.7. The molecule has 5 rings (SSSR count). The summed E-state index contributed by atoms with van der Waals surface area (Å²) in [6.07, 6.45) is 1.46. The van der Waals surface area contributed by atoms with Crippen molar-refractivity contribution in [3.8, 4) is 5.75 Å². The highest BCUT2D eigenvalue weighted by Crippen LogP contribution is 2.37. The van der Waals surface area contributed by atoms with E-state index in [4.69, 9.17) is 4.74 Å². The van der Waals surface area contributed by atoms with Crippen molar-refractivity contribution in [2.24, 2.45) is 0 Å². The highest BCUT2D eigenvalue weighted by Gasteiger charge is 2.46. The van der Waals surface area contributed by atoms with Gasteiger partial charge in [0.2, 0.25) is 11.8 Å². The summed E-state index contributed by atoms with van der Waals surface area (Å²) >= 11 is 0. The van der Waals surface area contributed by atoms with Crippen molar-refractivity contribution >= 4 is 34.4 Å². The number of nitrogens with zero attached hydrogens (tertiary/aromatic N) is 1. The van der Waals surface area contributed by atoms with E-state index in [0.717, 1.165) is 34.1 Å². The fourth-order valence-electron chi connectivity index (χ4n) is 4.70. The number of benzene rings is 3. The number of amides is 4. The predicted molar refractivity (Wildman–Crippen MR) is 125 cm³/mol. The molecule has 0 aromatic heterocycles. The van der Waals surface area contributed by atoms with Crippen molar-refractivity contribution in [2.75, 3.05) is 0 Å². The maximum atomic E-state index is 13.4. The van der Waals surface area contributed by atoms with Crippen LogP contribution in [0.5, 0.6) is 5.75 Å². The first-order valence-corrected chi connectivity index (χ1v) is 11.5. The van der Waals surface area contributed by atoms with Gasteiger partial charge in [0.25, 0.3) is 11.8 Å². The second-order valence-electron chi connectivity index (χ2n) is 8.63. The van der Waals surface area contributed by atoms with Gasteiger partial charge in [0.1, 0.15) is 17.9 Å². The molecule has 2 aliphatic rings. The average Bonchev–Trinajstić information content (AvgIpc) is 3.09. The van der Waals surface area contributed by atoms with Gasteiger partial charge in [0.15, 0.2) is 0 Å². The second kappa shape index (κ2) is 8.74. The summed E-state index contributed by atoms with van der Waals surface area (Å²) in [5.41, 5.74) is 1.36. The van der Waals surface area contributed by atoms with Crippen LogP contribution in [0.25, 0.3) is 10.8 Å². The van der Waals surface area contributed by atoms with Crippen molar-refractivity contribution in [1.82, 2.24) is 10.2 Å². The van der Waals surface area contributed by atoms with Gasteiger partial charge < -0.3 is 4.74 Å². The number of carbonyl (C=O) groups excluding carboxylic acids is 4. The maximum absolute atomic E-state index is 13.4. The third-order valence-electron chi connectivity index (χ3n) is 6.40. The van der Waals surface area contributed by atoms with Gasteiger partial charge in [0.05, 0.1) is 11.1 Å². The third-order valence-corrected chi connectivity index (χ3v) is 6.40. The van der Waals surface area contributed by atoms with Crippen molar-refractivity contribution in [3.63, 3.8) is 0 Å². The standard InChI is InChI=1S/C27H24N2O5/c1-2-6-21(18-12-11-16-7-3-4-8-17(16)15-18)34-22-10-5-9-19-24(22)27(33)29(26(19)32)20-13-14-23(30)28-25(20)31/h3-5,7-12,15,20-21H,2,6,13-14H2,1H3,(H,28,30,31). The number of fused-ring (bicyclic) bond motifs is 2. The fourth-order valence-corrected chi connectivity index (χ4v) is 4.70. The summed E-state index contributed by atoms with van der Waals surface area (Å²) in [6, 6.07) is 18.1. The van der Waals surface area contributed by atoms with Crippen molar-refractivity contribution < 1.29 is 23.9 Å². The number of hydrogen-bond acceptors (Lipinski definition) is 5. The summed E-state index contributed by atoms with van der Waals surface area (Å²) in [4.78, 5) is 51.3. The molecule has 1 fully saturated rings. The smallest absolute Gasteiger partial charge is 0.266 e. The van der Waals surface area contributed by atoms with Crippen LogP contribution >= 0.6 is 0 Å². The lowest BCUT2D eigenvalue weighted by Crippen LogP contribution is -2.54. The Morgan fingerprint density at radius 3 is 2.53 bits per heavy atom. The van der Waals surface area contributed by atoms with Crippen LogP contribution in [0.15, 0.2) is 60.7 Å². The van der Waals surface area contributed by atoms with E-state index in [-0.39, 0.29) is 30.1 Å². The first kappa shape index (κ1) is 21.8. The molecule has 0 spiro atoms. The van der Waals surface area contributed by atoms with Gasteiger partial charge in [-0.1, -0.05) is 55.8 Å². The molecular formula is C27H24N2O5. The lowest BCUT2D eigenvalue weighted by Gasteiger charge is -2.28. The molecule has 0 aliphatic carbocycles. The van der Waals surface area contributed by atoms with Gasteiger partial charge >= 0.3 is 0 Å². The number of rotatable bonds is 6. The topological polar surface area (TPSA) is 92.8 Å². The number of nitrogens with one attached hydrogen (secondary N) is 1.